The van der Waals surface area contributed by atoms with Gasteiger partial charge in [0.15, 0.2) is 0 Å². The Bertz CT molecular complexity index is 1210. The van der Waals surface area contributed by atoms with Crippen molar-refractivity contribution in [2.75, 3.05) is 38.1 Å². The predicted octanol–water partition coefficient (Wildman–Crippen LogP) is 4.31. The minimum Gasteiger partial charge on any atom is -0.462 e. The van der Waals surface area contributed by atoms with Gasteiger partial charge in [-0.05, 0) is 56.1 Å². The number of esters is 1. The molecule has 1 aromatic carbocycles. The summed E-state index contributed by atoms with van der Waals surface area (Å²) in [6.45, 7) is 14.2. The van der Waals surface area contributed by atoms with E-state index in [0.29, 0.717) is 17.0 Å². The van der Waals surface area contributed by atoms with Gasteiger partial charge in [-0.15, -0.1) is 24.5 Å². The average Bonchev–Trinajstić information content (AvgIpc) is 3.21. The highest BCUT2D eigenvalue weighted by atomic mass is 32.2. The lowest BCUT2D eigenvalue weighted by Gasteiger charge is -2.26. The zero-order valence-corrected chi connectivity index (χ0v) is 22.4. The second kappa shape index (κ2) is 12.4. The quantitative estimate of drug-likeness (QED) is 0.324. The number of sulfonamides is 1. The molecule has 1 aliphatic rings. The van der Waals surface area contributed by atoms with Crippen LogP contribution in [0.1, 0.15) is 51.4 Å². The second-order valence-electron chi connectivity index (χ2n) is 8.33. The fraction of sp³-hybridized carbons (Fsp3) is 0.385. The molecule has 0 aliphatic carbocycles. The number of thiophene rings is 1. The van der Waals surface area contributed by atoms with E-state index in [1.165, 1.54) is 52.1 Å². The number of nitrogens with one attached hydrogen (secondary N) is 1. The number of rotatable bonds is 12. The third-order valence-electron chi connectivity index (χ3n) is 5.80. The topological polar surface area (TPSA) is 96.0 Å². The van der Waals surface area contributed by atoms with Crippen molar-refractivity contribution in [3.63, 3.8) is 0 Å². The van der Waals surface area contributed by atoms with Gasteiger partial charge in [0.05, 0.1) is 17.1 Å². The SMILES string of the molecule is C=CCN(CC=C)S(=O)(=O)c1ccc(C(=O)Nc2sc3c(c2C(=O)OCC)CCN(CCC)C3)cc1. The third-order valence-corrected chi connectivity index (χ3v) is 8.78. The number of hydrogen-bond acceptors (Lipinski definition) is 7. The molecule has 0 atom stereocenters. The van der Waals surface area contributed by atoms with E-state index in [-0.39, 0.29) is 30.2 Å². The van der Waals surface area contributed by atoms with E-state index in [2.05, 4.69) is 30.3 Å². The van der Waals surface area contributed by atoms with E-state index in [9.17, 15) is 18.0 Å². The van der Waals surface area contributed by atoms with Gasteiger partial charge < -0.3 is 10.1 Å². The number of hydrogen-bond donors (Lipinski definition) is 1. The Balaban J connectivity index is 1.85. The number of anilines is 1. The van der Waals surface area contributed by atoms with Gasteiger partial charge in [-0.3, -0.25) is 9.69 Å². The number of fused-ring (bicyclic) bond motifs is 1. The average molecular weight is 532 g/mol. The molecule has 36 heavy (non-hydrogen) atoms. The maximum atomic E-state index is 13.1. The Morgan fingerprint density at radius 2 is 1.83 bits per heavy atom. The highest BCUT2D eigenvalue weighted by Crippen LogP contribution is 2.38. The fourth-order valence-electron chi connectivity index (χ4n) is 4.13. The third kappa shape index (κ3) is 6.12. The highest BCUT2D eigenvalue weighted by Gasteiger charge is 2.30. The molecule has 1 aromatic heterocycles. The molecule has 1 amide bonds. The van der Waals surface area contributed by atoms with Crippen molar-refractivity contribution in [2.24, 2.45) is 0 Å². The standard InChI is InChI=1S/C26H33N3O5S2/c1-5-14-28-17-13-21-22(18-28)35-25(23(21)26(31)34-8-4)27-24(30)19-9-11-20(12-10-19)36(32,33)29(15-6-2)16-7-3/h6-7,9-12H,2-3,5,8,13-18H2,1,4H3,(H,27,30). The molecular formula is C26H33N3O5S2. The van der Waals surface area contributed by atoms with Crippen molar-refractivity contribution >= 4 is 38.2 Å². The van der Waals surface area contributed by atoms with Crippen LogP contribution in [0.4, 0.5) is 5.00 Å². The first-order valence-electron chi connectivity index (χ1n) is 11.9. The zero-order chi connectivity index (χ0) is 26.3. The molecule has 0 saturated heterocycles. The molecule has 1 aliphatic heterocycles. The van der Waals surface area contributed by atoms with Crippen LogP contribution in [0.15, 0.2) is 54.5 Å². The first-order valence-corrected chi connectivity index (χ1v) is 14.2. The van der Waals surface area contributed by atoms with Crippen LogP contribution in [0.25, 0.3) is 0 Å². The maximum absolute atomic E-state index is 13.1. The molecule has 3 rings (SSSR count). The van der Waals surface area contributed by atoms with Crippen LogP contribution < -0.4 is 5.32 Å². The molecule has 0 unspecified atom stereocenters. The molecule has 1 N–H and O–H groups in total. The Morgan fingerprint density at radius 1 is 1.17 bits per heavy atom. The Hall–Kier alpha value is -2.79. The van der Waals surface area contributed by atoms with E-state index in [0.717, 1.165) is 36.5 Å². The number of benzene rings is 1. The van der Waals surface area contributed by atoms with Gasteiger partial charge in [0.1, 0.15) is 5.00 Å². The summed E-state index contributed by atoms with van der Waals surface area (Å²) in [4.78, 5) is 29.3. The zero-order valence-electron chi connectivity index (χ0n) is 20.8. The summed E-state index contributed by atoms with van der Waals surface area (Å²) in [6.07, 6.45) is 4.77. The summed E-state index contributed by atoms with van der Waals surface area (Å²) < 4.78 is 32.4. The van der Waals surface area contributed by atoms with Gasteiger partial charge >= 0.3 is 5.97 Å². The van der Waals surface area contributed by atoms with Crippen molar-refractivity contribution in [2.45, 2.75) is 38.1 Å². The lowest BCUT2D eigenvalue weighted by atomic mass is 10.0. The van der Waals surface area contributed by atoms with E-state index in [1.54, 1.807) is 6.92 Å². The van der Waals surface area contributed by atoms with E-state index in [1.807, 2.05) is 0 Å². The van der Waals surface area contributed by atoms with E-state index >= 15 is 0 Å². The summed E-state index contributed by atoms with van der Waals surface area (Å²) in [5.74, 6) is -0.872. The molecular weight excluding hydrogens is 498 g/mol. The lowest BCUT2D eigenvalue weighted by molar-refractivity contribution is 0.0526. The fourth-order valence-corrected chi connectivity index (χ4v) is 6.79. The lowest BCUT2D eigenvalue weighted by Crippen LogP contribution is -2.31. The molecule has 2 heterocycles. The van der Waals surface area contributed by atoms with E-state index < -0.39 is 21.9 Å². The van der Waals surface area contributed by atoms with Crippen molar-refractivity contribution in [1.82, 2.24) is 9.21 Å². The van der Waals surface area contributed by atoms with Crippen LogP contribution in [0.2, 0.25) is 0 Å². The molecule has 0 fully saturated rings. The van der Waals surface area contributed by atoms with Crippen LogP contribution >= 0.6 is 11.3 Å². The second-order valence-corrected chi connectivity index (χ2v) is 11.4. The van der Waals surface area contributed by atoms with Gasteiger partial charge in [-0.25, -0.2) is 13.2 Å². The smallest absolute Gasteiger partial charge is 0.341 e. The van der Waals surface area contributed by atoms with Crippen molar-refractivity contribution in [1.29, 1.82) is 0 Å². The summed E-state index contributed by atoms with van der Waals surface area (Å²) in [5.41, 5.74) is 1.64. The summed E-state index contributed by atoms with van der Waals surface area (Å²) >= 11 is 1.40. The predicted molar refractivity (Wildman–Crippen MR) is 143 cm³/mol. The monoisotopic (exact) mass is 531 g/mol. The van der Waals surface area contributed by atoms with Gasteiger partial charge in [0.2, 0.25) is 10.0 Å². The Kier molecular flexibility index (Phi) is 9.61. The molecule has 0 bridgehead atoms. The molecule has 0 radical (unpaired) electrons. The van der Waals surface area contributed by atoms with Gasteiger partial charge in [0.25, 0.3) is 5.91 Å². The largest absolute Gasteiger partial charge is 0.462 e. The number of amides is 1. The van der Waals surface area contributed by atoms with Gasteiger partial charge in [-0.2, -0.15) is 4.31 Å². The summed E-state index contributed by atoms with van der Waals surface area (Å²) in [5, 5.41) is 3.33. The number of ether oxygens (including phenoxy) is 1. The highest BCUT2D eigenvalue weighted by molar-refractivity contribution is 7.89. The minimum absolute atomic E-state index is 0.0672. The molecule has 0 spiro atoms. The molecule has 2 aromatic rings. The number of nitrogens with zero attached hydrogens (tertiary/aromatic N) is 2. The van der Waals surface area contributed by atoms with Crippen LogP contribution in [0.5, 0.6) is 0 Å². The molecule has 8 nitrogen and oxygen atoms in total. The van der Waals surface area contributed by atoms with Gasteiger partial charge in [-0.1, -0.05) is 19.1 Å². The van der Waals surface area contributed by atoms with Crippen LogP contribution in [0.3, 0.4) is 0 Å². The van der Waals surface area contributed by atoms with Crippen LogP contribution in [0, 0.1) is 0 Å². The van der Waals surface area contributed by atoms with E-state index in [4.69, 9.17) is 4.74 Å². The van der Waals surface area contributed by atoms with Crippen molar-refractivity contribution in [3.8, 4) is 0 Å². The number of carbonyl (C=O) groups excluding carboxylic acids is 2. The normalized spacial score (nSPS) is 13.8. The molecule has 10 heteroatoms. The Morgan fingerprint density at radius 3 is 2.42 bits per heavy atom. The molecule has 194 valence electrons. The maximum Gasteiger partial charge on any atom is 0.341 e. The van der Waals surface area contributed by atoms with Crippen molar-refractivity contribution < 1.29 is 22.7 Å². The van der Waals surface area contributed by atoms with Crippen LogP contribution in [-0.2, 0) is 27.7 Å². The van der Waals surface area contributed by atoms with Gasteiger partial charge in [0, 0.05) is 36.6 Å². The van der Waals surface area contributed by atoms with Crippen molar-refractivity contribution in [3.05, 3.63) is 71.1 Å². The number of carbonyl (C=O) groups is 2. The summed E-state index contributed by atoms with van der Waals surface area (Å²) in [7, 11) is -3.77. The first kappa shape index (κ1) is 27.8. The minimum atomic E-state index is -3.77. The summed E-state index contributed by atoms with van der Waals surface area (Å²) in [6, 6.07) is 5.72. The van der Waals surface area contributed by atoms with Crippen LogP contribution in [-0.4, -0.2) is 62.3 Å². The first-order chi connectivity index (χ1) is 17.3. The Labute approximate surface area is 217 Å². The molecule has 0 saturated carbocycles.